The van der Waals surface area contributed by atoms with E-state index in [1.165, 1.54) is 0 Å². The van der Waals surface area contributed by atoms with Crippen LogP contribution in [0.25, 0.3) is 0 Å². The molecule has 0 saturated heterocycles. The Morgan fingerprint density at radius 1 is 1.82 bits per heavy atom. The van der Waals surface area contributed by atoms with E-state index in [1.54, 1.807) is 6.92 Å². The molecule has 0 aromatic heterocycles. The van der Waals surface area contributed by atoms with Gasteiger partial charge in [-0.15, -0.1) is 0 Å². The summed E-state index contributed by atoms with van der Waals surface area (Å²) in [4.78, 5) is 10.1. The highest BCUT2D eigenvalue weighted by atomic mass is 32.2. The fraction of sp³-hybridized carbons (Fsp3) is 0.333. The molecule has 0 bridgehead atoms. The molecule has 62 valence electrons. The number of aliphatic carboxylic acids is 1. The van der Waals surface area contributed by atoms with Crippen LogP contribution in [0.1, 0.15) is 6.92 Å². The maximum atomic E-state index is 10.2. The van der Waals surface area contributed by atoms with Gasteiger partial charge in [0.1, 0.15) is 0 Å². The fourth-order valence-electron chi connectivity index (χ4n) is 0.269. The third-order valence-electron chi connectivity index (χ3n) is 0.885. The van der Waals surface area contributed by atoms with E-state index in [1.807, 2.05) is 0 Å². The van der Waals surface area contributed by atoms with Gasteiger partial charge in [-0.05, 0) is 6.92 Å². The molecular weight excluding hydrogens is 164 g/mol. The molecule has 11 heavy (non-hydrogen) atoms. The lowest BCUT2D eigenvalue weighted by molar-refractivity contribution is -0.131. The van der Waals surface area contributed by atoms with Gasteiger partial charge in [0.05, 0.1) is 9.95 Å². The second-order valence-electron chi connectivity index (χ2n) is 1.98. The lowest BCUT2D eigenvalue weighted by Gasteiger charge is -2.05. The van der Waals surface area contributed by atoms with Gasteiger partial charge < -0.3 is 10.8 Å². The van der Waals surface area contributed by atoms with Crippen LogP contribution in [0.2, 0.25) is 0 Å². The molecule has 0 radical (unpaired) electrons. The quantitative estimate of drug-likeness (QED) is 0.333. The lowest BCUT2D eigenvalue weighted by atomic mass is 10.4. The average Bonchev–Trinajstić information content (AvgIpc) is 1.87. The zero-order valence-electron chi connectivity index (χ0n) is 6.13. The van der Waals surface area contributed by atoms with E-state index < -0.39 is 12.0 Å². The van der Waals surface area contributed by atoms with Gasteiger partial charge in [0, 0.05) is 6.04 Å². The minimum atomic E-state index is -1.11. The van der Waals surface area contributed by atoms with E-state index in [4.69, 9.17) is 16.2 Å². The minimum absolute atomic E-state index is 0.0766. The summed E-state index contributed by atoms with van der Waals surface area (Å²) in [6.07, 6.45) is 0. The third-order valence-corrected chi connectivity index (χ3v) is 1.90. The predicted molar refractivity (Wildman–Crippen MR) is 45.7 cm³/mol. The predicted octanol–water partition coefficient (Wildman–Crippen LogP) is 0.642. The molecule has 0 saturated carbocycles. The van der Waals surface area contributed by atoms with E-state index in [-0.39, 0.29) is 9.95 Å². The second-order valence-corrected chi connectivity index (χ2v) is 3.12. The summed E-state index contributed by atoms with van der Waals surface area (Å²) in [5, 5.41) is 15.6. The number of hydrogen-bond acceptors (Lipinski definition) is 4. The molecule has 0 fully saturated rings. The zero-order chi connectivity index (χ0) is 9.02. The standard InChI is InChI=1S/C6H10N2O2S/c1-3(7)5(8)11-4(2)6(9)10/h3,8H,2,7H2,1H3,(H,9,10). The maximum absolute atomic E-state index is 10.2. The first kappa shape index (κ1) is 10.2. The molecule has 0 aromatic rings. The van der Waals surface area contributed by atoms with Crippen molar-refractivity contribution in [1.82, 2.24) is 0 Å². The summed E-state index contributed by atoms with van der Waals surface area (Å²) >= 11 is 0.780. The van der Waals surface area contributed by atoms with E-state index in [0.29, 0.717) is 0 Å². The van der Waals surface area contributed by atoms with Gasteiger partial charge in [-0.2, -0.15) is 0 Å². The van der Waals surface area contributed by atoms with Gasteiger partial charge in [0.25, 0.3) is 0 Å². The molecular formula is C6H10N2O2S. The van der Waals surface area contributed by atoms with Crippen LogP contribution in [0.4, 0.5) is 0 Å². The minimum Gasteiger partial charge on any atom is -0.477 e. The topological polar surface area (TPSA) is 87.2 Å². The highest BCUT2D eigenvalue weighted by Gasteiger charge is 2.10. The SMILES string of the molecule is C=C(SC(=N)C(C)N)C(=O)O. The largest absolute Gasteiger partial charge is 0.477 e. The molecule has 4 nitrogen and oxygen atoms in total. The highest BCUT2D eigenvalue weighted by Crippen LogP contribution is 2.15. The van der Waals surface area contributed by atoms with E-state index in [9.17, 15) is 4.79 Å². The Morgan fingerprint density at radius 2 is 2.27 bits per heavy atom. The number of carbonyl (C=O) groups is 1. The van der Waals surface area contributed by atoms with Crippen molar-refractivity contribution < 1.29 is 9.90 Å². The molecule has 0 aliphatic rings. The Hall–Kier alpha value is -0.810. The number of rotatable bonds is 3. The third kappa shape index (κ3) is 3.79. The smallest absolute Gasteiger partial charge is 0.341 e. The van der Waals surface area contributed by atoms with E-state index in [2.05, 4.69) is 6.58 Å². The van der Waals surface area contributed by atoms with Crippen LogP contribution in [-0.2, 0) is 4.79 Å². The van der Waals surface area contributed by atoms with Crippen molar-refractivity contribution in [2.45, 2.75) is 13.0 Å². The number of nitrogens with two attached hydrogens (primary N) is 1. The molecule has 5 heteroatoms. The van der Waals surface area contributed by atoms with Crippen molar-refractivity contribution in [2.24, 2.45) is 5.73 Å². The van der Waals surface area contributed by atoms with Crippen LogP contribution >= 0.6 is 11.8 Å². The summed E-state index contributed by atoms with van der Waals surface area (Å²) in [6.45, 7) is 4.86. The summed E-state index contributed by atoms with van der Waals surface area (Å²) in [5.74, 6) is -1.11. The molecule has 0 amide bonds. The summed E-state index contributed by atoms with van der Waals surface area (Å²) in [7, 11) is 0. The highest BCUT2D eigenvalue weighted by molar-refractivity contribution is 8.17. The lowest BCUT2D eigenvalue weighted by Crippen LogP contribution is -2.23. The molecule has 1 unspecified atom stereocenters. The normalized spacial score (nSPS) is 12.2. The van der Waals surface area contributed by atoms with Crippen LogP contribution in [0, 0.1) is 5.41 Å². The summed E-state index contributed by atoms with van der Waals surface area (Å²) in [5.41, 5.74) is 5.30. The Kier molecular flexibility index (Phi) is 3.84. The van der Waals surface area contributed by atoms with E-state index in [0.717, 1.165) is 11.8 Å². The van der Waals surface area contributed by atoms with Crippen molar-refractivity contribution in [3.63, 3.8) is 0 Å². The Balaban J connectivity index is 3.96. The van der Waals surface area contributed by atoms with Crippen molar-refractivity contribution in [3.05, 3.63) is 11.5 Å². The van der Waals surface area contributed by atoms with Gasteiger partial charge in [-0.3, -0.25) is 5.41 Å². The molecule has 0 rings (SSSR count). The zero-order valence-corrected chi connectivity index (χ0v) is 6.94. The van der Waals surface area contributed by atoms with Gasteiger partial charge in [-0.1, -0.05) is 18.3 Å². The first-order valence-electron chi connectivity index (χ1n) is 2.89. The monoisotopic (exact) mass is 174 g/mol. The summed E-state index contributed by atoms with van der Waals surface area (Å²) in [6, 6.07) is -0.434. The van der Waals surface area contributed by atoms with Crippen LogP contribution < -0.4 is 5.73 Å². The molecule has 0 aliphatic heterocycles. The van der Waals surface area contributed by atoms with Gasteiger partial charge in [-0.25, -0.2) is 4.79 Å². The van der Waals surface area contributed by atoms with Crippen LogP contribution in [0.15, 0.2) is 11.5 Å². The molecule has 0 aromatic carbocycles. The molecule has 0 spiro atoms. The second kappa shape index (κ2) is 4.15. The summed E-state index contributed by atoms with van der Waals surface area (Å²) < 4.78 is 0. The number of carboxylic acid groups (broad SMARTS) is 1. The van der Waals surface area contributed by atoms with Gasteiger partial charge in [0.15, 0.2) is 0 Å². The number of nitrogens with one attached hydrogen (secondary N) is 1. The van der Waals surface area contributed by atoms with Crippen molar-refractivity contribution in [1.29, 1.82) is 5.41 Å². The van der Waals surface area contributed by atoms with Crippen molar-refractivity contribution in [3.8, 4) is 0 Å². The van der Waals surface area contributed by atoms with Crippen LogP contribution in [-0.4, -0.2) is 22.2 Å². The first-order valence-corrected chi connectivity index (χ1v) is 3.71. The Morgan fingerprint density at radius 3 is 2.55 bits per heavy atom. The molecule has 1 atom stereocenters. The first-order chi connectivity index (χ1) is 4.95. The van der Waals surface area contributed by atoms with Crippen molar-refractivity contribution >= 4 is 22.8 Å². The number of thioether (sulfide) groups is 1. The Bertz CT molecular complexity index is 201. The van der Waals surface area contributed by atoms with Crippen LogP contribution in [0.3, 0.4) is 0 Å². The molecule has 0 heterocycles. The fourth-order valence-corrected chi connectivity index (χ4v) is 0.808. The molecule has 4 N–H and O–H groups in total. The van der Waals surface area contributed by atoms with Gasteiger partial charge in [0.2, 0.25) is 0 Å². The number of hydrogen-bond donors (Lipinski definition) is 3. The van der Waals surface area contributed by atoms with Crippen molar-refractivity contribution in [2.75, 3.05) is 0 Å². The Labute approximate surface area is 69.0 Å². The average molecular weight is 174 g/mol. The number of carboxylic acids is 1. The van der Waals surface area contributed by atoms with E-state index >= 15 is 0 Å². The van der Waals surface area contributed by atoms with Gasteiger partial charge >= 0.3 is 5.97 Å². The maximum Gasteiger partial charge on any atom is 0.341 e. The molecule has 0 aliphatic carbocycles. The van der Waals surface area contributed by atoms with Crippen LogP contribution in [0.5, 0.6) is 0 Å².